The lowest BCUT2D eigenvalue weighted by Gasteiger charge is -2.28. The van der Waals surface area contributed by atoms with Gasteiger partial charge in [0.15, 0.2) is 11.5 Å². The molecule has 1 aromatic rings. The quantitative estimate of drug-likeness (QED) is 0.779. The molecule has 0 aromatic heterocycles. The average Bonchev–Trinajstić information content (AvgIpc) is 2.72. The van der Waals surface area contributed by atoms with Crippen LogP contribution in [0.4, 0.5) is 0 Å². The van der Waals surface area contributed by atoms with Crippen molar-refractivity contribution in [2.45, 2.75) is 45.3 Å². The van der Waals surface area contributed by atoms with E-state index >= 15 is 0 Å². The molecule has 0 N–H and O–H groups in total. The van der Waals surface area contributed by atoms with E-state index in [4.69, 9.17) is 23.7 Å². The van der Waals surface area contributed by atoms with Gasteiger partial charge in [-0.05, 0) is 56.9 Å². The van der Waals surface area contributed by atoms with E-state index in [1.165, 1.54) is 0 Å². The smallest absolute Gasteiger partial charge is 0.203 e. The van der Waals surface area contributed by atoms with Crippen LogP contribution in [0, 0.1) is 0 Å². The minimum absolute atomic E-state index is 0.00551. The van der Waals surface area contributed by atoms with Gasteiger partial charge in [-0.1, -0.05) is 0 Å². The number of aryl methyl sites for hydroxylation is 1. The number of methoxy groups -OCH3 is 4. The summed E-state index contributed by atoms with van der Waals surface area (Å²) in [4.78, 5) is 0. The van der Waals surface area contributed by atoms with Gasteiger partial charge in [0.1, 0.15) is 0 Å². The molecule has 0 spiro atoms. The topological polar surface area (TPSA) is 46.2 Å². The van der Waals surface area contributed by atoms with E-state index in [2.05, 4.69) is 26.8 Å². The molecule has 5 heteroatoms. The summed E-state index contributed by atoms with van der Waals surface area (Å²) in [5.41, 5.74) is 3.03. The normalized spacial score (nSPS) is 17.4. The predicted molar refractivity (Wildman–Crippen MR) is 98.9 cm³/mol. The first-order chi connectivity index (χ1) is 11.8. The van der Waals surface area contributed by atoms with Crippen LogP contribution in [0.5, 0.6) is 17.2 Å². The Labute approximate surface area is 150 Å². The Balaban J connectivity index is 2.57. The predicted octanol–water partition coefficient (Wildman–Crippen LogP) is 3.87. The van der Waals surface area contributed by atoms with Crippen molar-refractivity contribution < 1.29 is 23.7 Å². The van der Waals surface area contributed by atoms with Crippen LogP contribution in [0.1, 0.15) is 38.3 Å². The van der Waals surface area contributed by atoms with Crippen LogP contribution in [-0.4, -0.2) is 46.8 Å². The molecule has 25 heavy (non-hydrogen) atoms. The zero-order chi connectivity index (χ0) is 18.6. The van der Waals surface area contributed by atoms with Crippen molar-refractivity contribution in [3.8, 4) is 17.2 Å². The monoisotopic (exact) mass is 350 g/mol. The lowest BCUT2D eigenvalue weighted by Crippen LogP contribution is -2.30. The Hall–Kier alpha value is -1.72. The van der Waals surface area contributed by atoms with E-state index < -0.39 is 0 Å². The second-order valence-electron chi connectivity index (χ2n) is 7.13. The maximum atomic E-state index is 6.29. The molecule has 1 aliphatic rings. The van der Waals surface area contributed by atoms with Gasteiger partial charge in [-0.15, -0.1) is 0 Å². The van der Waals surface area contributed by atoms with Gasteiger partial charge >= 0.3 is 0 Å². The zero-order valence-electron chi connectivity index (χ0n) is 16.4. The highest BCUT2D eigenvalue weighted by Gasteiger charge is 2.28. The third kappa shape index (κ3) is 4.47. The lowest BCUT2D eigenvalue weighted by atomic mass is 10.0. The van der Waals surface area contributed by atoms with Crippen LogP contribution >= 0.6 is 0 Å². The Morgan fingerprint density at radius 3 is 2.20 bits per heavy atom. The Kier molecular flexibility index (Phi) is 6.36. The fraction of sp³-hybridized carbons (Fsp3) is 0.600. The van der Waals surface area contributed by atoms with Gasteiger partial charge in [0.05, 0.1) is 39.6 Å². The molecule has 0 fully saturated rings. The van der Waals surface area contributed by atoms with E-state index in [0.717, 1.165) is 29.5 Å². The van der Waals surface area contributed by atoms with E-state index in [-0.39, 0.29) is 11.7 Å². The van der Waals surface area contributed by atoms with Crippen LogP contribution in [0.2, 0.25) is 0 Å². The zero-order valence-corrected chi connectivity index (χ0v) is 16.4. The molecular formula is C20H30O5. The molecule has 1 atom stereocenters. The standard InChI is InChI=1S/C20H30O5/c1-20(2,3)25-16-9-8-13-11-17(22-5)19(24-7)18(23-6)15(13)10-14(16)12-21-4/h10-11,16H,8-9,12H2,1-7H3. The summed E-state index contributed by atoms with van der Waals surface area (Å²) in [7, 11) is 6.61. The molecule has 0 radical (unpaired) electrons. The molecule has 140 valence electrons. The third-order valence-electron chi connectivity index (χ3n) is 4.18. The number of ether oxygens (including phenoxy) is 5. The molecule has 5 nitrogen and oxygen atoms in total. The summed E-state index contributed by atoms with van der Waals surface area (Å²) >= 11 is 0. The van der Waals surface area contributed by atoms with Crippen molar-refractivity contribution in [1.29, 1.82) is 0 Å². The molecule has 0 amide bonds. The molecule has 1 unspecified atom stereocenters. The van der Waals surface area contributed by atoms with Crippen LogP contribution in [0.3, 0.4) is 0 Å². The number of benzene rings is 1. The molecule has 0 saturated heterocycles. The maximum absolute atomic E-state index is 6.29. The van der Waals surface area contributed by atoms with Gasteiger partial charge in [0.25, 0.3) is 0 Å². The van der Waals surface area contributed by atoms with E-state index in [9.17, 15) is 0 Å². The highest BCUT2D eigenvalue weighted by Crippen LogP contribution is 2.44. The second kappa shape index (κ2) is 8.11. The minimum Gasteiger partial charge on any atom is -0.493 e. The second-order valence-corrected chi connectivity index (χ2v) is 7.13. The third-order valence-corrected chi connectivity index (χ3v) is 4.18. The number of fused-ring (bicyclic) bond motifs is 1. The molecule has 2 rings (SSSR count). The summed E-state index contributed by atoms with van der Waals surface area (Å²) < 4.78 is 28.4. The van der Waals surface area contributed by atoms with Crippen LogP contribution in [0.25, 0.3) is 6.08 Å². The van der Waals surface area contributed by atoms with Gasteiger partial charge in [-0.2, -0.15) is 0 Å². The van der Waals surface area contributed by atoms with E-state index in [0.29, 0.717) is 23.9 Å². The Morgan fingerprint density at radius 1 is 1.00 bits per heavy atom. The van der Waals surface area contributed by atoms with Gasteiger partial charge in [0, 0.05) is 12.7 Å². The largest absolute Gasteiger partial charge is 0.493 e. The van der Waals surface area contributed by atoms with Gasteiger partial charge in [0.2, 0.25) is 5.75 Å². The molecule has 1 aromatic carbocycles. The first-order valence-corrected chi connectivity index (χ1v) is 8.53. The first-order valence-electron chi connectivity index (χ1n) is 8.53. The average molecular weight is 350 g/mol. The molecule has 0 heterocycles. The van der Waals surface area contributed by atoms with Crippen LogP contribution < -0.4 is 14.2 Å². The Bertz CT molecular complexity index is 628. The molecule has 0 saturated carbocycles. The summed E-state index contributed by atoms with van der Waals surface area (Å²) in [6.07, 6.45) is 3.84. The minimum atomic E-state index is -0.229. The van der Waals surface area contributed by atoms with Crippen LogP contribution in [-0.2, 0) is 15.9 Å². The number of hydrogen-bond donors (Lipinski definition) is 0. The summed E-state index contributed by atoms with van der Waals surface area (Å²) in [5.74, 6) is 1.96. The van der Waals surface area contributed by atoms with Gasteiger partial charge in [-0.25, -0.2) is 0 Å². The summed E-state index contributed by atoms with van der Waals surface area (Å²) in [6, 6.07) is 2.02. The lowest BCUT2D eigenvalue weighted by molar-refractivity contribution is -0.0492. The number of hydrogen-bond acceptors (Lipinski definition) is 5. The van der Waals surface area contributed by atoms with Crippen molar-refractivity contribution >= 4 is 6.08 Å². The SMILES string of the molecule is COCC1=Cc2c(cc(OC)c(OC)c2OC)CCC1OC(C)(C)C. The highest BCUT2D eigenvalue weighted by atomic mass is 16.5. The molecular weight excluding hydrogens is 320 g/mol. The number of rotatable bonds is 6. The fourth-order valence-corrected chi connectivity index (χ4v) is 3.21. The summed E-state index contributed by atoms with van der Waals surface area (Å²) in [6.45, 7) is 6.73. The van der Waals surface area contributed by atoms with Gasteiger partial charge < -0.3 is 23.7 Å². The van der Waals surface area contributed by atoms with Gasteiger partial charge in [-0.3, -0.25) is 0 Å². The first kappa shape index (κ1) is 19.6. The highest BCUT2D eigenvalue weighted by molar-refractivity contribution is 5.72. The van der Waals surface area contributed by atoms with Crippen molar-refractivity contribution in [1.82, 2.24) is 0 Å². The fourth-order valence-electron chi connectivity index (χ4n) is 3.21. The van der Waals surface area contributed by atoms with Crippen molar-refractivity contribution in [3.63, 3.8) is 0 Å². The van der Waals surface area contributed by atoms with Crippen LogP contribution in [0.15, 0.2) is 11.6 Å². The van der Waals surface area contributed by atoms with Crippen molar-refractivity contribution in [2.75, 3.05) is 35.0 Å². The van der Waals surface area contributed by atoms with E-state index in [1.54, 1.807) is 28.4 Å². The van der Waals surface area contributed by atoms with Crippen molar-refractivity contribution in [3.05, 3.63) is 22.8 Å². The van der Waals surface area contributed by atoms with E-state index in [1.807, 2.05) is 6.07 Å². The maximum Gasteiger partial charge on any atom is 0.203 e. The molecule has 0 bridgehead atoms. The Morgan fingerprint density at radius 2 is 1.68 bits per heavy atom. The van der Waals surface area contributed by atoms with Crippen molar-refractivity contribution in [2.24, 2.45) is 0 Å². The summed E-state index contributed by atoms with van der Waals surface area (Å²) in [5, 5.41) is 0. The molecule has 1 aliphatic carbocycles. The molecule has 0 aliphatic heterocycles.